The molecule has 0 aliphatic rings. The maximum atomic E-state index is 12.3. The van der Waals surface area contributed by atoms with E-state index in [4.69, 9.17) is 16.3 Å². The van der Waals surface area contributed by atoms with Gasteiger partial charge in [-0.1, -0.05) is 17.7 Å². The molecule has 0 unspecified atom stereocenters. The Morgan fingerprint density at radius 2 is 2.08 bits per heavy atom. The number of amides is 1. The average molecular weight is 393 g/mol. The summed E-state index contributed by atoms with van der Waals surface area (Å²) in [5.41, 5.74) is 0.730. The van der Waals surface area contributed by atoms with Gasteiger partial charge in [0.2, 0.25) is 0 Å². The number of thiazole rings is 1. The lowest BCUT2D eigenvalue weighted by Gasteiger charge is -2.03. The van der Waals surface area contributed by atoms with E-state index in [1.807, 2.05) is 18.4 Å². The Bertz CT molecular complexity index is 829. The molecule has 130 valence electrons. The molecular weight excluding hydrogens is 376 g/mol. The number of halogens is 1. The number of carbonyl (C=O) groups is 1. The molecule has 0 saturated carbocycles. The molecule has 7 heteroatoms. The van der Waals surface area contributed by atoms with Gasteiger partial charge in [0.05, 0.1) is 5.69 Å². The molecule has 2 aromatic heterocycles. The first-order chi connectivity index (χ1) is 12.1. The fourth-order valence-electron chi connectivity index (χ4n) is 2.23. The van der Waals surface area contributed by atoms with Crippen LogP contribution in [0.25, 0.3) is 0 Å². The maximum absolute atomic E-state index is 12.3. The first-order valence-electron chi connectivity index (χ1n) is 7.77. The maximum Gasteiger partial charge on any atom is 0.263 e. The summed E-state index contributed by atoms with van der Waals surface area (Å²) < 4.78 is 5.68. The van der Waals surface area contributed by atoms with Crippen LogP contribution in [0.1, 0.15) is 25.3 Å². The van der Waals surface area contributed by atoms with Crippen LogP contribution in [-0.2, 0) is 13.0 Å². The smallest absolute Gasteiger partial charge is 0.263 e. The van der Waals surface area contributed by atoms with Crippen molar-refractivity contribution in [2.24, 2.45) is 0 Å². The van der Waals surface area contributed by atoms with Gasteiger partial charge in [0.25, 0.3) is 5.91 Å². The molecule has 1 N–H and O–H groups in total. The Labute approximate surface area is 159 Å². The van der Waals surface area contributed by atoms with Crippen molar-refractivity contribution in [1.29, 1.82) is 0 Å². The lowest BCUT2D eigenvalue weighted by atomic mass is 10.3. The number of benzene rings is 1. The molecule has 3 aromatic rings. The van der Waals surface area contributed by atoms with Crippen molar-refractivity contribution < 1.29 is 9.53 Å². The van der Waals surface area contributed by atoms with E-state index >= 15 is 0 Å². The van der Waals surface area contributed by atoms with Crippen LogP contribution >= 0.6 is 34.3 Å². The lowest BCUT2D eigenvalue weighted by molar-refractivity contribution is 0.0957. The number of nitrogens with zero attached hydrogens (tertiary/aromatic N) is 1. The molecule has 1 amide bonds. The number of ether oxygens (including phenoxy) is 1. The number of hydrogen-bond donors (Lipinski definition) is 1. The SMILES string of the molecule is Cc1nc(COc2ccc(Cl)cc2)sc1C(=O)NCCc1cccs1. The number of hydrogen-bond acceptors (Lipinski definition) is 5. The van der Waals surface area contributed by atoms with Crippen molar-refractivity contribution in [2.75, 3.05) is 6.54 Å². The lowest BCUT2D eigenvalue weighted by Crippen LogP contribution is -2.25. The highest BCUT2D eigenvalue weighted by Gasteiger charge is 2.15. The Morgan fingerprint density at radius 3 is 2.80 bits per heavy atom. The second-order valence-electron chi connectivity index (χ2n) is 5.35. The topological polar surface area (TPSA) is 51.2 Å². The minimum absolute atomic E-state index is 0.0794. The summed E-state index contributed by atoms with van der Waals surface area (Å²) >= 11 is 8.92. The Hall–Kier alpha value is -1.89. The first kappa shape index (κ1) is 17.9. The van der Waals surface area contributed by atoms with E-state index in [2.05, 4.69) is 16.4 Å². The van der Waals surface area contributed by atoms with Gasteiger partial charge in [-0.25, -0.2) is 4.98 Å². The summed E-state index contributed by atoms with van der Waals surface area (Å²) in [4.78, 5) is 18.7. The molecule has 0 bridgehead atoms. The summed E-state index contributed by atoms with van der Waals surface area (Å²) in [5, 5.41) is 6.43. The van der Waals surface area contributed by atoms with Gasteiger partial charge in [-0.2, -0.15) is 0 Å². The zero-order valence-electron chi connectivity index (χ0n) is 13.6. The summed E-state index contributed by atoms with van der Waals surface area (Å²) in [6, 6.07) is 11.2. The molecule has 4 nitrogen and oxygen atoms in total. The molecule has 1 aromatic carbocycles. The van der Waals surface area contributed by atoms with Crippen LogP contribution in [0.2, 0.25) is 5.02 Å². The quantitative estimate of drug-likeness (QED) is 0.633. The van der Waals surface area contributed by atoms with Crippen LogP contribution in [0.3, 0.4) is 0 Å². The number of aromatic nitrogens is 1. The van der Waals surface area contributed by atoms with Crippen molar-refractivity contribution in [1.82, 2.24) is 10.3 Å². The molecular formula is C18H17ClN2O2S2. The van der Waals surface area contributed by atoms with E-state index in [0.717, 1.165) is 22.9 Å². The molecule has 0 fully saturated rings. The summed E-state index contributed by atoms with van der Waals surface area (Å²) in [6.07, 6.45) is 0.841. The monoisotopic (exact) mass is 392 g/mol. The van der Waals surface area contributed by atoms with Crippen molar-refractivity contribution in [3.63, 3.8) is 0 Å². The molecule has 0 atom stereocenters. The molecule has 0 aliphatic heterocycles. The Kier molecular flexibility index (Phi) is 6.07. The van der Waals surface area contributed by atoms with Gasteiger partial charge >= 0.3 is 0 Å². The molecule has 3 rings (SSSR count). The van der Waals surface area contributed by atoms with Gasteiger partial charge in [0.15, 0.2) is 0 Å². The minimum atomic E-state index is -0.0794. The van der Waals surface area contributed by atoms with Gasteiger partial charge in [-0.3, -0.25) is 4.79 Å². The third kappa shape index (κ3) is 5.04. The summed E-state index contributed by atoms with van der Waals surface area (Å²) in [5.74, 6) is 0.642. The van der Waals surface area contributed by atoms with E-state index in [-0.39, 0.29) is 5.91 Å². The molecule has 0 aliphatic carbocycles. The van der Waals surface area contributed by atoms with Gasteiger partial charge in [-0.15, -0.1) is 22.7 Å². The number of thiophene rings is 1. The van der Waals surface area contributed by atoms with E-state index in [1.54, 1.807) is 35.6 Å². The number of rotatable bonds is 7. The summed E-state index contributed by atoms with van der Waals surface area (Å²) in [7, 11) is 0. The van der Waals surface area contributed by atoms with Crippen LogP contribution in [-0.4, -0.2) is 17.4 Å². The average Bonchev–Trinajstić information content (AvgIpc) is 3.24. The van der Waals surface area contributed by atoms with E-state index in [1.165, 1.54) is 16.2 Å². The molecule has 0 saturated heterocycles. The third-order valence-corrected chi connectivity index (χ3v) is 5.78. The second-order valence-corrected chi connectivity index (χ2v) is 7.90. The van der Waals surface area contributed by atoms with Gasteiger partial charge in [0.1, 0.15) is 22.2 Å². The Morgan fingerprint density at radius 1 is 1.28 bits per heavy atom. The zero-order chi connectivity index (χ0) is 17.6. The first-order valence-corrected chi connectivity index (χ1v) is 9.84. The van der Waals surface area contributed by atoms with Gasteiger partial charge in [0, 0.05) is 16.4 Å². The highest BCUT2D eigenvalue weighted by molar-refractivity contribution is 7.13. The van der Waals surface area contributed by atoms with Crippen molar-refractivity contribution in [3.8, 4) is 5.75 Å². The predicted molar refractivity (Wildman–Crippen MR) is 103 cm³/mol. The number of aryl methyl sites for hydroxylation is 1. The zero-order valence-corrected chi connectivity index (χ0v) is 16.0. The van der Waals surface area contributed by atoms with Crippen LogP contribution in [0, 0.1) is 6.92 Å². The normalized spacial score (nSPS) is 10.6. The molecule has 2 heterocycles. The molecule has 25 heavy (non-hydrogen) atoms. The Balaban J connectivity index is 1.53. The van der Waals surface area contributed by atoms with Crippen LogP contribution in [0.4, 0.5) is 0 Å². The van der Waals surface area contributed by atoms with Crippen LogP contribution < -0.4 is 10.1 Å². The number of nitrogens with one attached hydrogen (secondary N) is 1. The molecule has 0 radical (unpaired) electrons. The molecule has 0 spiro atoms. The van der Waals surface area contributed by atoms with Crippen LogP contribution in [0.15, 0.2) is 41.8 Å². The van der Waals surface area contributed by atoms with Crippen molar-refractivity contribution >= 4 is 40.2 Å². The largest absolute Gasteiger partial charge is 0.486 e. The van der Waals surface area contributed by atoms with E-state index < -0.39 is 0 Å². The highest BCUT2D eigenvalue weighted by Crippen LogP contribution is 2.21. The number of carbonyl (C=O) groups excluding carboxylic acids is 1. The predicted octanol–water partition coefficient (Wildman–Crippen LogP) is 4.72. The van der Waals surface area contributed by atoms with Crippen molar-refractivity contribution in [2.45, 2.75) is 20.0 Å². The van der Waals surface area contributed by atoms with Gasteiger partial charge < -0.3 is 10.1 Å². The fraction of sp³-hybridized carbons (Fsp3) is 0.222. The standard InChI is InChI=1S/C18H17ClN2O2S2/c1-12-17(18(22)20-9-8-15-3-2-10-24-15)25-16(21-12)11-23-14-6-4-13(19)5-7-14/h2-7,10H,8-9,11H2,1H3,(H,20,22). The highest BCUT2D eigenvalue weighted by atomic mass is 35.5. The third-order valence-electron chi connectivity index (χ3n) is 3.46. The van der Waals surface area contributed by atoms with Crippen LogP contribution in [0.5, 0.6) is 5.75 Å². The van der Waals surface area contributed by atoms with E-state index in [9.17, 15) is 4.79 Å². The van der Waals surface area contributed by atoms with Crippen molar-refractivity contribution in [3.05, 3.63) is 67.3 Å². The second kappa shape index (κ2) is 8.47. The van der Waals surface area contributed by atoms with Gasteiger partial charge in [-0.05, 0) is 49.1 Å². The minimum Gasteiger partial charge on any atom is -0.486 e. The fourth-order valence-corrected chi connectivity index (χ4v) is 3.96. The van der Waals surface area contributed by atoms with E-state index in [0.29, 0.717) is 23.1 Å². The summed E-state index contributed by atoms with van der Waals surface area (Å²) in [6.45, 7) is 2.79.